The smallest absolute Gasteiger partial charge is 0.279 e. The molecule has 0 unspecified atom stereocenters. The minimum absolute atomic E-state index is 0.0708. The van der Waals surface area contributed by atoms with Gasteiger partial charge in [0.15, 0.2) is 0 Å². The number of rotatable bonds is 6. The van der Waals surface area contributed by atoms with E-state index >= 15 is 0 Å². The summed E-state index contributed by atoms with van der Waals surface area (Å²) in [4.78, 5) is 25.5. The van der Waals surface area contributed by atoms with E-state index in [2.05, 4.69) is 33.1 Å². The number of hydrogen-bond acceptors (Lipinski definition) is 6. The predicted octanol–water partition coefficient (Wildman–Crippen LogP) is 4.48. The van der Waals surface area contributed by atoms with E-state index in [0.29, 0.717) is 10.8 Å². The topological polar surface area (TPSA) is 58.6 Å². The third-order valence-corrected chi connectivity index (χ3v) is 6.60. The lowest BCUT2D eigenvalue weighted by atomic mass is 10.1. The summed E-state index contributed by atoms with van der Waals surface area (Å²) in [6.45, 7) is 4.27. The predicted molar refractivity (Wildman–Crippen MR) is 126 cm³/mol. The summed E-state index contributed by atoms with van der Waals surface area (Å²) in [5.74, 6) is 0.872. The molecule has 0 saturated carbocycles. The number of ether oxygens (including phenoxy) is 1. The Hall–Kier alpha value is -3.29. The molecule has 0 atom stereocenters. The van der Waals surface area contributed by atoms with Crippen LogP contribution in [-0.2, 0) is 6.42 Å². The number of thiazole rings is 1. The quantitative estimate of drug-likeness (QED) is 0.439. The van der Waals surface area contributed by atoms with Crippen molar-refractivity contribution in [2.45, 2.75) is 6.42 Å². The summed E-state index contributed by atoms with van der Waals surface area (Å²) < 4.78 is 7.06. The average molecular weight is 445 g/mol. The third-order valence-electron chi connectivity index (χ3n) is 5.69. The molecule has 2 aromatic carbocycles. The van der Waals surface area contributed by atoms with Gasteiger partial charge in [0.25, 0.3) is 11.1 Å². The zero-order chi connectivity index (χ0) is 21.8. The Morgan fingerprint density at radius 2 is 1.78 bits per heavy atom. The number of benzene rings is 2. The molecule has 5 rings (SSSR count). The Morgan fingerprint density at radius 1 is 0.969 bits per heavy atom. The van der Waals surface area contributed by atoms with Gasteiger partial charge in [-0.25, -0.2) is 4.98 Å². The van der Waals surface area contributed by atoms with Gasteiger partial charge in [-0.1, -0.05) is 35.6 Å². The first-order valence-corrected chi connectivity index (χ1v) is 11.6. The lowest BCUT2D eigenvalue weighted by Gasteiger charge is -2.34. The Labute approximate surface area is 191 Å². The van der Waals surface area contributed by atoms with Crippen LogP contribution in [-0.4, -0.2) is 58.4 Å². The molecule has 1 fully saturated rings. The van der Waals surface area contributed by atoms with Gasteiger partial charge in [0.05, 0.1) is 15.8 Å². The number of fused-ring (bicyclic) bond motifs is 1. The molecule has 2 aromatic heterocycles. The molecule has 32 heavy (non-hydrogen) atoms. The average Bonchev–Trinajstić information content (AvgIpc) is 3.26. The number of piperazine rings is 1. The van der Waals surface area contributed by atoms with Crippen LogP contribution in [0.4, 0.5) is 0 Å². The number of hydrogen-bond donors (Lipinski definition) is 0. The molecule has 0 bridgehead atoms. The van der Waals surface area contributed by atoms with Gasteiger partial charge in [-0.05, 0) is 48.4 Å². The highest BCUT2D eigenvalue weighted by Gasteiger charge is 2.22. The lowest BCUT2D eigenvalue weighted by molar-refractivity contribution is 0.0638. The number of para-hydroxylation sites is 1. The number of nitrogens with zero attached hydrogens (tertiary/aromatic N) is 4. The zero-order valence-electron chi connectivity index (χ0n) is 17.7. The number of pyridine rings is 1. The van der Waals surface area contributed by atoms with E-state index in [-0.39, 0.29) is 5.91 Å². The van der Waals surface area contributed by atoms with Crippen molar-refractivity contribution >= 4 is 27.5 Å². The Bertz CT molecular complexity index is 1150. The van der Waals surface area contributed by atoms with Crippen molar-refractivity contribution in [3.05, 3.63) is 84.2 Å². The van der Waals surface area contributed by atoms with Crippen LogP contribution in [0, 0.1) is 0 Å². The first-order chi connectivity index (χ1) is 15.7. The molecule has 4 aromatic rings. The van der Waals surface area contributed by atoms with Gasteiger partial charge in [0.1, 0.15) is 5.75 Å². The monoisotopic (exact) mass is 444 g/mol. The van der Waals surface area contributed by atoms with Gasteiger partial charge in [0, 0.05) is 45.1 Å². The van der Waals surface area contributed by atoms with Gasteiger partial charge in [-0.15, -0.1) is 0 Å². The minimum atomic E-state index is 0.0708. The van der Waals surface area contributed by atoms with E-state index in [0.717, 1.165) is 55.1 Å². The van der Waals surface area contributed by atoms with E-state index in [1.54, 1.807) is 29.8 Å². The molecule has 162 valence electrons. The van der Waals surface area contributed by atoms with Crippen molar-refractivity contribution in [2.75, 3.05) is 32.7 Å². The molecule has 1 aliphatic rings. The van der Waals surface area contributed by atoms with Crippen molar-refractivity contribution in [1.82, 2.24) is 19.8 Å². The van der Waals surface area contributed by atoms with Crippen LogP contribution in [0.25, 0.3) is 10.2 Å². The van der Waals surface area contributed by atoms with E-state index in [1.165, 1.54) is 5.56 Å². The van der Waals surface area contributed by atoms with Crippen molar-refractivity contribution in [1.29, 1.82) is 0 Å². The number of amides is 1. The Balaban J connectivity index is 1.10. The maximum absolute atomic E-state index is 12.6. The van der Waals surface area contributed by atoms with Crippen LogP contribution in [0.2, 0.25) is 0 Å². The SMILES string of the molecule is O=C(c1cccnc1)N1CCN(CCc2ccc(Oc3nc4ccccc4s3)cc2)CC1. The molecule has 3 heterocycles. The van der Waals surface area contributed by atoms with Crippen molar-refractivity contribution in [3.63, 3.8) is 0 Å². The van der Waals surface area contributed by atoms with Gasteiger partial charge >= 0.3 is 0 Å². The highest BCUT2D eigenvalue weighted by atomic mass is 32.1. The molecule has 1 aliphatic heterocycles. The van der Waals surface area contributed by atoms with Crippen LogP contribution in [0.5, 0.6) is 10.9 Å². The standard InChI is InChI=1S/C25H24N4O2S/c30-24(20-4-3-12-26-18-20)29-16-14-28(15-17-29)13-11-19-7-9-21(10-8-19)31-25-27-22-5-1-2-6-23(22)32-25/h1-10,12,18H,11,13-17H2. The maximum Gasteiger partial charge on any atom is 0.279 e. The van der Waals surface area contributed by atoms with Gasteiger partial charge in [-0.2, -0.15) is 0 Å². The summed E-state index contributed by atoms with van der Waals surface area (Å²) in [5.41, 5.74) is 2.90. The summed E-state index contributed by atoms with van der Waals surface area (Å²) >= 11 is 1.55. The molecular formula is C25H24N4O2S. The zero-order valence-corrected chi connectivity index (χ0v) is 18.5. The third kappa shape index (κ3) is 4.79. The highest BCUT2D eigenvalue weighted by molar-refractivity contribution is 7.20. The molecule has 0 radical (unpaired) electrons. The second kappa shape index (κ2) is 9.46. The van der Waals surface area contributed by atoms with Crippen LogP contribution >= 0.6 is 11.3 Å². The van der Waals surface area contributed by atoms with Crippen molar-refractivity contribution < 1.29 is 9.53 Å². The first-order valence-electron chi connectivity index (χ1n) is 10.8. The Kier molecular flexibility index (Phi) is 6.09. The van der Waals surface area contributed by atoms with Crippen LogP contribution in [0.3, 0.4) is 0 Å². The van der Waals surface area contributed by atoms with Crippen LogP contribution < -0.4 is 4.74 Å². The second-order valence-corrected chi connectivity index (χ2v) is 8.81. The fourth-order valence-electron chi connectivity index (χ4n) is 3.85. The summed E-state index contributed by atoms with van der Waals surface area (Å²) in [6.07, 6.45) is 4.30. The van der Waals surface area contributed by atoms with Crippen molar-refractivity contribution in [3.8, 4) is 10.9 Å². The highest BCUT2D eigenvalue weighted by Crippen LogP contribution is 2.31. The second-order valence-electron chi connectivity index (χ2n) is 7.82. The van der Waals surface area contributed by atoms with Gasteiger partial charge < -0.3 is 9.64 Å². The van der Waals surface area contributed by atoms with E-state index in [9.17, 15) is 4.79 Å². The Morgan fingerprint density at radius 3 is 2.53 bits per heavy atom. The van der Waals surface area contributed by atoms with E-state index < -0.39 is 0 Å². The summed E-state index contributed by atoms with van der Waals surface area (Å²) in [7, 11) is 0. The molecule has 1 saturated heterocycles. The van der Waals surface area contributed by atoms with Crippen LogP contribution in [0.15, 0.2) is 73.1 Å². The molecule has 7 heteroatoms. The molecule has 0 spiro atoms. The fourth-order valence-corrected chi connectivity index (χ4v) is 4.69. The maximum atomic E-state index is 12.6. The number of carbonyl (C=O) groups is 1. The molecule has 1 amide bonds. The molecule has 6 nitrogen and oxygen atoms in total. The summed E-state index contributed by atoms with van der Waals surface area (Å²) in [6, 6.07) is 19.9. The first kappa shape index (κ1) is 20.6. The number of carbonyl (C=O) groups excluding carboxylic acids is 1. The van der Waals surface area contributed by atoms with E-state index in [4.69, 9.17) is 4.74 Å². The van der Waals surface area contributed by atoms with Crippen LogP contribution in [0.1, 0.15) is 15.9 Å². The molecule has 0 aliphatic carbocycles. The van der Waals surface area contributed by atoms with E-state index in [1.807, 2.05) is 41.3 Å². The lowest BCUT2D eigenvalue weighted by Crippen LogP contribution is -2.49. The van der Waals surface area contributed by atoms with Gasteiger partial charge in [0.2, 0.25) is 0 Å². The summed E-state index contributed by atoms with van der Waals surface area (Å²) in [5, 5.41) is 0.664. The van der Waals surface area contributed by atoms with Crippen molar-refractivity contribution in [2.24, 2.45) is 0 Å². The minimum Gasteiger partial charge on any atom is -0.431 e. The number of aromatic nitrogens is 2. The fraction of sp³-hybridized carbons (Fsp3) is 0.240. The largest absolute Gasteiger partial charge is 0.431 e. The van der Waals surface area contributed by atoms with Gasteiger partial charge in [-0.3, -0.25) is 14.7 Å². The normalized spacial score (nSPS) is 14.6. The molecule has 0 N–H and O–H groups in total. The molecular weight excluding hydrogens is 420 g/mol.